The normalized spacial score (nSPS) is 30.3. The van der Waals surface area contributed by atoms with Crippen molar-refractivity contribution in [1.82, 2.24) is 9.55 Å². The molecule has 0 aromatic carbocycles. The van der Waals surface area contributed by atoms with Gasteiger partial charge in [-0.25, -0.2) is 13.4 Å². The van der Waals surface area contributed by atoms with Crippen LogP contribution in [0.15, 0.2) is 6.20 Å². The van der Waals surface area contributed by atoms with E-state index in [1.54, 1.807) is 0 Å². The van der Waals surface area contributed by atoms with Crippen LogP contribution in [0.4, 0.5) is 0 Å². The van der Waals surface area contributed by atoms with Crippen molar-refractivity contribution in [2.75, 3.05) is 11.5 Å². The zero-order chi connectivity index (χ0) is 12.8. The highest BCUT2D eigenvalue weighted by atomic mass is 32.2. The summed E-state index contributed by atoms with van der Waals surface area (Å²) in [5.41, 5.74) is 1.32. The van der Waals surface area contributed by atoms with Crippen LogP contribution in [0.2, 0.25) is 0 Å². The maximum absolute atomic E-state index is 11.5. The van der Waals surface area contributed by atoms with Crippen molar-refractivity contribution in [3.63, 3.8) is 0 Å². The van der Waals surface area contributed by atoms with Gasteiger partial charge in [-0.3, -0.25) is 0 Å². The second-order valence-electron chi connectivity index (χ2n) is 5.75. The number of hydrogen-bond acceptors (Lipinski definition) is 3. The van der Waals surface area contributed by atoms with Crippen LogP contribution < -0.4 is 0 Å². The zero-order valence-corrected chi connectivity index (χ0v) is 11.6. The third kappa shape index (κ3) is 2.20. The van der Waals surface area contributed by atoms with Gasteiger partial charge in [0, 0.05) is 24.4 Å². The molecule has 0 saturated carbocycles. The van der Waals surface area contributed by atoms with Gasteiger partial charge in [0.1, 0.15) is 5.82 Å². The Kier molecular flexibility index (Phi) is 2.96. The predicted molar refractivity (Wildman–Crippen MR) is 70.3 cm³/mol. The summed E-state index contributed by atoms with van der Waals surface area (Å²) < 4.78 is 25.3. The summed E-state index contributed by atoms with van der Waals surface area (Å²) in [6.45, 7) is 2.24. The van der Waals surface area contributed by atoms with Crippen LogP contribution in [-0.4, -0.2) is 29.5 Å². The quantitative estimate of drug-likeness (QED) is 0.821. The average Bonchev–Trinajstić information content (AvgIpc) is 2.85. The van der Waals surface area contributed by atoms with E-state index in [2.05, 4.69) is 16.5 Å². The molecule has 0 bridgehead atoms. The molecule has 2 unspecified atom stereocenters. The van der Waals surface area contributed by atoms with Gasteiger partial charge in [-0.05, 0) is 38.5 Å². The van der Waals surface area contributed by atoms with Crippen LogP contribution in [0.1, 0.15) is 43.7 Å². The standard InChI is InChI=1S/C13H20N2O2S/c1-10-3-2-4-12-8-14-13(15(10)12)7-11-5-6-18(16,17)9-11/h8,10-11H,2-7,9H2,1H3. The molecule has 0 spiro atoms. The Morgan fingerprint density at radius 2 is 2.28 bits per heavy atom. The summed E-state index contributed by atoms with van der Waals surface area (Å²) in [5, 5.41) is 0. The first-order chi connectivity index (χ1) is 8.55. The summed E-state index contributed by atoms with van der Waals surface area (Å²) in [7, 11) is -2.77. The van der Waals surface area contributed by atoms with Crippen molar-refractivity contribution in [2.45, 2.75) is 45.1 Å². The van der Waals surface area contributed by atoms with Crippen LogP contribution in [0, 0.1) is 5.92 Å². The van der Waals surface area contributed by atoms with Crippen LogP contribution in [0.3, 0.4) is 0 Å². The third-order valence-corrected chi connectivity index (χ3v) is 6.08. The Labute approximate surface area is 108 Å². The lowest BCUT2D eigenvalue weighted by Crippen LogP contribution is -2.19. The molecule has 0 N–H and O–H groups in total. The van der Waals surface area contributed by atoms with Crippen molar-refractivity contribution in [3.8, 4) is 0 Å². The minimum absolute atomic E-state index is 0.274. The molecule has 2 atom stereocenters. The third-order valence-electron chi connectivity index (χ3n) is 4.24. The largest absolute Gasteiger partial charge is 0.329 e. The van der Waals surface area contributed by atoms with Crippen LogP contribution in [-0.2, 0) is 22.7 Å². The molecule has 5 heteroatoms. The summed E-state index contributed by atoms with van der Waals surface area (Å²) >= 11 is 0. The van der Waals surface area contributed by atoms with Crippen molar-refractivity contribution in [3.05, 3.63) is 17.7 Å². The molecule has 3 heterocycles. The van der Waals surface area contributed by atoms with Gasteiger partial charge in [0.05, 0.1) is 11.5 Å². The second kappa shape index (κ2) is 4.37. The smallest absolute Gasteiger partial charge is 0.150 e. The summed E-state index contributed by atoms with van der Waals surface area (Å²) in [5.74, 6) is 2.08. The maximum Gasteiger partial charge on any atom is 0.150 e. The fraction of sp³-hybridized carbons (Fsp3) is 0.769. The molecule has 100 valence electrons. The molecule has 0 aliphatic carbocycles. The highest BCUT2D eigenvalue weighted by Crippen LogP contribution is 2.29. The number of sulfone groups is 1. The van der Waals surface area contributed by atoms with E-state index in [0.717, 1.165) is 25.1 Å². The molecule has 1 aromatic rings. The van der Waals surface area contributed by atoms with E-state index < -0.39 is 9.84 Å². The second-order valence-corrected chi connectivity index (χ2v) is 7.98. The van der Waals surface area contributed by atoms with Gasteiger partial charge < -0.3 is 4.57 Å². The van der Waals surface area contributed by atoms with E-state index in [1.165, 1.54) is 18.5 Å². The Morgan fingerprint density at radius 3 is 3.00 bits per heavy atom. The van der Waals surface area contributed by atoms with Crippen LogP contribution in [0.25, 0.3) is 0 Å². The van der Waals surface area contributed by atoms with Crippen molar-refractivity contribution in [2.24, 2.45) is 5.92 Å². The summed E-state index contributed by atoms with van der Waals surface area (Å²) in [4.78, 5) is 4.53. The molecule has 2 aliphatic rings. The number of aryl methyl sites for hydroxylation is 1. The van der Waals surface area contributed by atoms with E-state index in [1.807, 2.05) is 6.20 Å². The molecule has 0 amide bonds. The molecule has 1 saturated heterocycles. The van der Waals surface area contributed by atoms with Gasteiger partial charge in [-0.2, -0.15) is 0 Å². The SMILES string of the molecule is CC1CCCc2cnc(CC3CCS(=O)(=O)C3)n21. The maximum atomic E-state index is 11.5. The first-order valence-corrected chi connectivity index (χ1v) is 8.63. The monoisotopic (exact) mass is 268 g/mol. The fourth-order valence-corrected chi connectivity index (χ4v) is 5.17. The Morgan fingerprint density at radius 1 is 1.44 bits per heavy atom. The molecule has 1 aromatic heterocycles. The lowest BCUT2D eigenvalue weighted by atomic mass is 10.0. The predicted octanol–water partition coefficient (Wildman–Crippen LogP) is 1.76. The van der Waals surface area contributed by atoms with Crippen molar-refractivity contribution in [1.29, 1.82) is 0 Å². The van der Waals surface area contributed by atoms with E-state index >= 15 is 0 Å². The molecule has 18 heavy (non-hydrogen) atoms. The van der Waals surface area contributed by atoms with Crippen molar-refractivity contribution < 1.29 is 8.42 Å². The van der Waals surface area contributed by atoms with Crippen LogP contribution in [0.5, 0.6) is 0 Å². The van der Waals surface area contributed by atoms with Gasteiger partial charge in [0.2, 0.25) is 0 Å². The fourth-order valence-electron chi connectivity index (χ4n) is 3.31. The number of hydrogen-bond donors (Lipinski definition) is 0. The lowest BCUT2D eigenvalue weighted by molar-refractivity contribution is 0.408. The molecule has 1 fully saturated rings. The number of imidazole rings is 1. The van der Waals surface area contributed by atoms with Gasteiger partial charge >= 0.3 is 0 Å². The van der Waals surface area contributed by atoms with Crippen molar-refractivity contribution >= 4 is 9.84 Å². The van der Waals surface area contributed by atoms with E-state index in [0.29, 0.717) is 17.5 Å². The van der Waals surface area contributed by atoms with E-state index in [-0.39, 0.29) is 5.92 Å². The molecule has 0 radical (unpaired) electrons. The summed E-state index contributed by atoms with van der Waals surface area (Å²) in [6, 6.07) is 0.518. The van der Waals surface area contributed by atoms with Gasteiger partial charge in [-0.15, -0.1) is 0 Å². The minimum atomic E-state index is -2.77. The molecule has 4 nitrogen and oxygen atoms in total. The van der Waals surface area contributed by atoms with Gasteiger partial charge in [0.15, 0.2) is 9.84 Å². The highest BCUT2D eigenvalue weighted by molar-refractivity contribution is 7.91. The molecule has 3 rings (SSSR count). The first-order valence-electron chi connectivity index (χ1n) is 6.80. The van der Waals surface area contributed by atoms with Crippen LogP contribution >= 0.6 is 0 Å². The summed E-state index contributed by atoms with van der Waals surface area (Å²) in [6.07, 6.45) is 7.17. The number of aromatic nitrogens is 2. The van der Waals surface area contributed by atoms with E-state index in [9.17, 15) is 8.42 Å². The Hall–Kier alpha value is -0.840. The number of nitrogens with zero attached hydrogens (tertiary/aromatic N) is 2. The Bertz CT molecular complexity index is 547. The lowest BCUT2D eigenvalue weighted by Gasteiger charge is -2.24. The number of fused-ring (bicyclic) bond motifs is 1. The minimum Gasteiger partial charge on any atom is -0.329 e. The average molecular weight is 268 g/mol. The van der Waals surface area contributed by atoms with Gasteiger partial charge in [-0.1, -0.05) is 0 Å². The molecular weight excluding hydrogens is 248 g/mol. The highest BCUT2D eigenvalue weighted by Gasteiger charge is 2.30. The zero-order valence-electron chi connectivity index (χ0n) is 10.8. The molecular formula is C13H20N2O2S. The topological polar surface area (TPSA) is 52.0 Å². The first kappa shape index (κ1) is 12.2. The Balaban J connectivity index is 1.80. The van der Waals surface area contributed by atoms with E-state index in [4.69, 9.17) is 0 Å². The molecule has 2 aliphatic heterocycles. The number of rotatable bonds is 2. The van der Waals surface area contributed by atoms with Gasteiger partial charge in [0.25, 0.3) is 0 Å².